The molecule has 0 radical (unpaired) electrons. The summed E-state index contributed by atoms with van der Waals surface area (Å²) in [5, 5.41) is 3.14. The van der Waals surface area contributed by atoms with Gasteiger partial charge in [0.15, 0.2) is 5.96 Å². The lowest BCUT2D eigenvalue weighted by Crippen LogP contribution is -2.47. The van der Waals surface area contributed by atoms with E-state index in [1.807, 2.05) is 6.92 Å². The third-order valence-electron chi connectivity index (χ3n) is 4.58. The molecule has 0 spiro atoms. The van der Waals surface area contributed by atoms with Crippen LogP contribution in [-0.2, 0) is 4.74 Å². The van der Waals surface area contributed by atoms with Gasteiger partial charge in [-0.15, -0.1) is 24.0 Å². The molecule has 2 atom stereocenters. The summed E-state index contributed by atoms with van der Waals surface area (Å²) in [5.41, 5.74) is 7.32. The number of hydrogen-bond acceptors (Lipinski definition) is 4. The van der Waals surface area contributed by atoms with E-state index < -0.39 is 0 Å². The number of hydrogen-bond donors (Lipinski definition) is 2. The molecule has 1 aliphatic heterocycles. The van der Waals surface area contributed by atoms with Gasteiger partial charge in [0, 0.05) is 51.9 Å². The zero-order valence-electron chi connectivity index (χ0n) is 16.2. The highest BCUT2D eigenvalue weighted by Crippen LogP contribution is 2.24. The summed E-state index contributed by atoms with van der Waals surface area (Å²) in [6.45, 7) is 7.72. The fourth-order valence-corrected chi connectivity index (χ4v) is 3.28. The van der Waals surface area contributed by atoms with Crippen molar-refractivity contribution >= 4 is 29.9 Å². The second kappa shape index (κ2) is 12.5. The van der Waals surface area contributed by atoms with Crippen molar-refractivity contribution < 1.29 is 4.74 Å². The van der Waals surface area contributed by atoms with Gasteiger partial charge in [-0.3, -0.25) is 9.89 Å². The van der Waals surface area contributed by atoms with Gasteiger partial charge in [-0.25, -0.2) is 0 Å². The molecule has 2 unspecified atom stereocenters. The predicted octanol–water partition coefficient (Wildman–Crippen LogP) is 1.92. The van der Waals surface area contributed by atoms with Crippen LogP contribution in [0.4, 0.5) is 0 Å². The molecule has 6 nitrogen and oxygen atoms in total. The molecule has 0 bridgehead atoms. The van der Waals surface area contributed by atoms with Crippen molar-refractivity contribution in [1.29, 1.82) is 0 Å². The molecule has 3 N–H and O–H groups in total. The highest BCUT2D eigenvalue weighted by atomic mass is 127. The first kappa shape index (κ1) is 23.1. The molecule has 148 valence electrons. The SMILES string of the molecule is COCC(C)NC(N)=NCCCN1CCN(C)CC1c1ccccc1.I. The third kappa shape index (κ3) is 7.77. The van der Waals surface area contributed by atoms with Gasteiger partial charge >= 0.3 is 0 Å². The van der Waals surface area contributed by atoms with Crippen molar-refractivity contribution in [1.82, 2.24) is 15.1 Å². The van der Waals surface area contributed by atoms with Crippen molar-refractivity contribution in [2.45, 2.75) is 25.4 Å². The zero-order valence-corrected chi connectivity index (χ0v) is 18.6. The Balaban J connectivity index is 0.00000338. The lowest BCUT2D eigenvalue weighted by molar-refractivity contribution is 0.0894. The summed E-state index contributed by atoms with van der Waals surface area (Å²) >= 11 is 0. The van der Waals surface area contributed by atoms with Gasteiger partial charge in [0.1, 0.15) is 0 Å². The van der Waals surface area contributed by atoms with Crippen molar-refractivity contribution in [2.75, 3.05) is 53.5 Å². The molecule has 0 saturated carbocycles. The molecule has 2 rings (SSSR count). The Labute approximate surface area is 175 Å². The Morgan fingerprint density at radius 3 is 2.77 bits per heavy atom. The standard InChI is InChI=1S/C19H33N5O.HI/c1-16(15-25-3)22-19(20)21-10-7-11-24-13-12-23(2)14-18(24)17-8-5-4-6-9-17;/h4-6,8-9,16,18H,7,10-15H2,1-3H3,(H3,20,21,22);1H. The van der Waals surface area contributed by atoms with Crippen molar-refractivity contribution in [2.24, 2.45) is 10.7 Å². The number of nitrogens with two attached hydrogens (primary N) is 1. The number of nitrogens with zero attached hydrogens (tertiary/aromatic N) is 3. The van der Waals surface area contributed by atoms with Gasteiger partial charge in [0.25, 0.3) is 0 Å². The van der Waals surface area contributed by atoms with Gasteiger partial charge in [-0.05, 0) is 26.0 Å². The van der Waals surface area contributed by atoms with Crippen LogP contribution in [0.25, 0.3) is 0 Å². The van der Waals surface area contributed by atoms with Crippen molar-refractivity contribution in [3.63, 3.8) is 0 Å². The fourth-order valence-electron chi connectivity index (χ4n) is 3.28. The minimum Gasteiger partial charge on any atom is -0.383 e. The lowest BCUT2D eigenvalue weighted by atomic mass is 10.0. The number of likely N-dealkylation sites (N-methyl/N-ethyl adjacent to an activating group) is 1. The lowest BCUT2D eigenvalue weighted by Gasteiger charge is -2.40. The Kier molecular flexibility index (Phi) is 11.1. The van der Waals surface area contributed by atoms with Crippen molar-refractivity contribution in [3.8, 4) is 0 Å². The summed E-state index contributed by atoms with van der Waals surface area (Å²) in [4.78, 5) is 9.41. The largest absolute Gasteiger partial charge is 0.383 e. The smallest absolute Gasteiger partial charge is 0.188 e. The zero-order chi connectivity index (χ0) is 18.1. The van der Waals surface area contributed by atoms with E-state index in [2.05, 4.69) is 57.5 Å². The second-order valence-corrected chi connectivity index (χ2v) is 6.85. The average molecular weight is 475 g/mol. The summed E-state index contributed by atoms with van der Waals surface area (Å²) in [6.07, 6.45) is 1.01. The highest BCUT2D eigenvalue weighted by molar-refractivity contribution is 14.0. The summed E-state index contributed by atoms with van der Waals surface area (Å²) in [6, 6.07) is 11.4. The van der Waals surface area contributed by atoms with Gasteiger partial charge in [-0.2, -0.15) is 0 Å². The van der Waals surface area contributed by atoms with E-state index in [0.29, 0.717) is 18.6 Å². The van der Waals surface area contributed by atoms with Crippen LogP contribution >= 0.6 is 24.0 Å². The molecular formula is C19H34IN5O. The number of methoxy groups -OCH3 is 1. The second-order valence-electron chi connectivity index (χ2n) is 6.85. The van der Waals surface area contributed by atoms with Crippen LogP contribution in [-0.4, -0.2) is 75.3 Å². The molecular weight excluding hydrogens is 441 g/mol. The predicted molar refractivity (Wildman–Crippen MR) is 119 cm³/mol. The number of nitrogens with one attached hydrogen (secondary N) is 1. The van der Waals surface area contributed by atoms with Crippen LogP contribution in [0, 0.1) is 0 Å². The van der Waals surface area contributed by atoms with E-state index in [1.165, 1.54) is 5.56 Å². The topological polar surface area (TPSA) is 66.1 Å². The average Bonchev–Trinajstić information content (AvgIpc) is 2.60. The Morgan fingerprint density at radius 2 is 2.08 bits per heavy atom. The summed E-state index contributed by atoms with van der Waals surface area (Å²) in [5.74, 6) is 0.502. The van der Waals surface area contributed by atoms with Crippen LogP contribution in [0.3, 0.4) is 0 Å². The minimum absolute atomic E-state index is 0. The van der Waals surface area contributed by atoms with Crippen LogP contribution in [0.1, 0.15) is 24.9 Å². The van der Waals surface area contributed by atoms with Gasteiger partial charge < -0.3 is 20.7 Å². The number of aliphatic imine (C=N–C) groups is 1. The van der Waals surface area contributed by atoms with E-state index in [1.54, 1.807) is 7.11 Å². The maximum Gasteiger partial charge on any atom is 0.188 e. The Hall–Kier alpha value is -0.900. The van der Waals surface area contributed by atoms with Gasteiger partial charge in [0.05, 0.1) is 6.61 Å². The fraction of sp³-hybridized carbons (Fsp3) is 0.632. The monoisotopic (exact) mass is 475 g/mol. The van der Waals surface area contributed by atoms with Crippen LogP contribution < -0.4 is 11.1 Å². The van der Waals surface area contributed by atoms with Gasteiger partial charge in [-0.1, -0.05) is 30.3 Å². The first-order valence-electron chi connectivity index (χ1n) is 9.13. The maximum absolute atomic E-state index is 5.92. The number of benzene rings is 1. The molecule has 0 aromatic heterocycles. The molecule has 1 aliphatic rings. The number of halogens is 1. The normalized spacial score (nSPS) is 20.4. The van der Waals surface area contributed by atoms with E-state index in [-0.39, 0.29) is 30.0 Å². The van der Waals surface area contributed by atoms with E-state index in [0.717, 1.165) is 39.1 Å². The summed E-state index contributed by atoms with van der Waals surface area (Å²) in [7, 11) is 3.88. The highest BCUT2D eigenvalue weighted by Gasteiger charge is 2.25. The Bertz CT molecular complexity index is 528. The maximum atomic E-state index is 5.92. The first-order valence-corrected chi connectivity index (χ1v) is 9.13. The minimum atomic E-state index is 0. The van der Waals surface area contributed by atoms with E-state index in [4.69, 9.17) is 10.5 Å². The van der Waals surface area contributed by atoms with Crippen LogP contribution in [0.5, 0.6) is 0 Å². The first-order chi connectivity index (χ1) is 12.1. The van der Waals surface area contributed by atoms with E-state index >= 15 is 0 Å². The molecule has 0 amide bonds. The third-order valence-corrected chi connectivity index (χ3v) is 4.58. The molecule has 0 aliphatic carbocycles. The number of ether oxygens (including phenoxy) is 1. The number of rotatable bonds is 8. The molecule has 1 fully saturated rings. The molecule has 26 heavy (non-hydrogen) atoms. The van der Waals surface area contributed by atoms with Crippen LogP contribution in [0.15, 0.2) is 35.3 Å². The number of piperazine rings is 1. The molecule has 1 aromatic rings. The molecule has 1 saturated heterocycles. The van der Waals surface area contributed by atoms with E-state index in [9.17, 15) is 0 Å². The quantitative estimate of drug-likeness (QED) is 0.260. The summed E-state index contributed by atoms with van der Waals surface area (Å²) < 4.78 is 5.09. The molecule has 7 heteroatoms. The Morgan fingerprint density at radius 1 is 1.35 bits per heavy atom. The van der Waals surface area contributed by atoms with Gasteiger partial charge in [0.2, 0.25) is 0 Å². The molecule has 1 heterocycles. The van der Waals surface area contributed by atoms with Crippen molar-refractivity contribution in [3.05, 3.63) is 35.9 Å². The number of guanidine groups is 1. The molecule has 1 aromatic carbocycles. The van der Waals surface area contributed by atoms with Crippen LogP contribution in [0.2, 0.25) is 0 Å².